The van der Waals surface area contributed by atoms with Gasteiger partial charge in [-0.25, -0.2) is 0 Å². The first-order chi connectivity index (χ1) is 14.5. The summed E-state index contributed by atoms with van der Waals surface area (Å²) in [7, 11) is -5.46. The van der Waals surface area contributed by atoms with E-state index in [1.54, 1.807) is 37.3 Å². The Balaban J connectivity index is 2.19. The molecule has 0 aliphatic rings. The second kappa shape index (κ2) is 8.27. The number of alkyl halides is 3. The van der Waals surface area contributed by atoms with Crippen molar-refractivity contribution in [1.82, 2.24) is 0 Å². The Hall–Kier alpha value is -2.98. The molecular weight excluding hydrogens is 424 g/mol. The molecule has 0 saturated heterocycles. The molecule has 0 aliphatic carbocycles. The van der Waals surface area contributed by atoms with Crippen molar-refractivity contribution in [1.29, 1.82) is 0 Å². The van der Waals surface area contributed by atoms with Crippen LogP contribution in [0.2, 0.25) is 0 Å². The third-order valence-corrected chi connectivity index (χ3v) is 7.89. The van der Waals surface area contributed by atoms with Gasteiger partial charge in [0, 0.05) is 22.0 Å². The molecule has 3 nitrogen and oxygen atoms in total. The predicted octanol–water partition coefficient (Wildman–Crippen LogP) is 6.19. The van der Waals surface area contributed by atoms with Crippen LogP contribution in [0.4, 0.5) is 13.2 Å². The van der Waals surface area contributed by atoms with E-state index < -0.39 is 23.9 Å². The van der Waals surface area contributed by atoms with Gasteiger partial charge in [-0.05, 0) is 43.5 Å². The van der Waals surface area contributed by atoms with Crippen LogP contribution in [-0.4, -0.2) is 17.2 Å². The number of hydrogen-bond donors (Lipinski definition) is 0. The Morgan fingerprint density at radius 1 is 0.806 bits per heavy atom. The summed E-state index contributed by atoms with van der Waals surface area (Å²) in [4.78, 5) is 26.1. The lowest BCUT2D eigenvalue weighted by molar-refractivity contribution is -0.0442. The molecule has 0 fully saturated rings. The number of carbonyl (C=O) groups is 2. The molecule has 3 aromatic carbocycles. The topological polar surface area (TPSA) is 51.2 Å². The normalized spacial score (nSPS) is 13.5. The number of benzene rings is 3. The highest BCUT2D eigenvalue weighted by Gasteiger charge is 2.58. The first kappa shape index (κ1) is 22.7. The SMILES string of the molecule is Cc1cc(C(=O)c2ccccc2)c(C)c(C)c1C(=O)P(=O)(c1ccccc1)C(F)(F)F. The first-order valence-electron chi connectivity index (χ1n) is 9.48. The van der Waals surface area contributed by atoms with Gasteiger partial charge in [-0.1, -0.05) is 60.7 Å². The molecule has 0 N–H and O–H groups in total. The molecule has 0 bridgehead atoms. The van der Waals surface area contributed by atoms with Crippen LogP contribution in [0.15, 0.2) is 66.7 Å². The Kier molecular flexibility index (Phi) is 6.06. The zero-order chi connectivity index (χ0) is 23.0. The van der Waals surface area contributed by atoms with Crippen molar-refractivity contribution >= 4 is 23.8 Å². The highest BCUT2D eigenvalue weighted by atomic mass is 31.2. The molecule has 7 heteroatoms. The second-order valence-electron chi connectivity index (χ2n) is 7.28. The van der Waals surface area contributed by atoms with E-state index in [9.17, 15) is 27.3 Å². The Labute approximate surface area is 178 Å². The van der Waals surface area contributed by atoms with Crippen LogP contribution in [-0.2, 0) is 4.57 Å². The number of ketones is 1. The maximum Gasteiger partial charge on any atom is 0.451 e. The lowest BCUT2D eigenvalue weighted by Crippen LogP contribution is -2.26. The highest BCUT2D eigenvalue weighted by molar-refractivity contribution is 7.88. The molecule has 0 heterocycles. The third kappa shape index (κ3) is 3.88. The summed E-state index contributed by atoms with van der Waals surface area (Å²) in [6.45, 7) is 4.50. The molecule has 31 heavy (non-hydrogen) atoms. The van der Waals surface area contributed by atoms with E-state index in [0.717, 1.165) is 12.1 Å². The molecular formula is C24H20F3O3P. The zero-order valence-corrected chi connectivity index (χ0v) is 18.1. The summed E-state index contributed by atoms with van der Waals surface area (Å²) < 4.78 is 55.2. The van der Waals surface area contributed by atoms with Gasteiger partial charge in [0.05, 0.1) is 0 Å². The third-order valence-electron chi connectivity index (χ3n) is 5.35. The standard InChI is InChI=1S/C24H20F3O3P/c1-15-14-20(22(28)18-10-6-4-7-11-18)16(2)17(3)21(15)23(29)31(30,24(25,26)27)19-12-8-5-9-13-19/h4-14H,1-3H3. The maximum absolute atomic E-state index is 14.0. The summed E-state index contributed by atoms with van der Waals surface area (Å²) in [6.07, 6.45) is 0. The first-order valence-corrected chi connectivity index (χ1v) is 11.2. The van der Waals surface area contributed by atoms with Gasteiger partial charge >= 0.3 is 5.92 Å². The van der Waals surface area contributed by atoms with Crippen LogP contribution >= 0.6 is 7.14 Å². The van der Waals surface area contributed by atoms with Gasteiger partial charge < -0.3 is 4.57 Å². The van der Waals surface area contributed by atoms with Crippen LogP contribution in [0.3, 0.4) is 0 Å². The minimum absolute atomic E-state index is 0.174. The van der Waals surface area contributed by atoms with Crippen molar-refractivity contribution in [3.05, 3.63) is 100 Å². The van der Waals surface area contributed by atoms with E-state index in [-0.39, 0.29) is 22.5 Å². The largest absolute Gasteiger partial charge is 0.451 e. The van der Waals surface area contributed by atoms with E-state index in [2.05, 4.69) is 0 Å². The van der Waals surface area contributed by atoms with Gasteiger partial charge in [0.25, 0.3) is 7.14 Å². The smallest absolute Gasteiger partial charge is 0.300 e. The second-order valence-corrected chi connectivity index (χ2v) is 9.93. The van der Waals surface area contributed by atoms with E-state index in [4.69, 9.17) is 0 Å². The van der Waals surface area contributed by atoms with E-state index >= 15 is 0 Å². The maximum atomic E-state index is 14.0. The number of hydrogen-bond acceptors (Lipinski definition) is 3. The monoisotopic (exact) mass is 444 g/mol. The van der Waals surface area contributed by atoms with Crippen molar-refractivity contribution in [2.45, 2.75) is 26.7 Å². The summed E-state index contributed by atoms with van der Waals surface area (Å²) >= 11 is 0. The predicted molar refractivity (Wildman–Crippen MR) is 115 cm³/mol. The molecule has 3 aromatic rings. The van der Waals surface area contributed by atoms with Crippen molar-refractivity contribution < 1.29 is 27.3 Å². The minimum atomic E-state index is -5.46. The fourth-order valence-corrected chi connectivity index (χ4v) is 5.57. The van der Waals surface area contributed by atoms with Crippen molar-refractivity contribution in [3.63, 3.8) is 0 Å². The molecule has 0 spiro atoms. The number of aryl methyl sites for hydroxylation is 1. The van der Waals surface area contributed by atoms with Gasteiger partial charge in [0.15, 0.2) is 5.78 Å². The number of carbonyl (C=O) groups excluding carboxylic acids is 2. The molecule has 1 atom stereocenters. The van der Waals surface area contributed by atoms with Crippen molar-refractivity contribution in [2.24, 2.45) is 0 Å². The summed E-state index contributed by atoms with van der Waals surface area (Å²) in [6, 6.07) is 16.1. The fraction of sp³-hybridized carbons (Fsp3) is 0.167. The van der Waals surface area contributed by atoms with Gasteiger partial charge in [-0.15, -0.1) is 0 Å². The Morgan fingerprint density at radius 3 is 1.84 bits per heavy atom. The Bertz CT molecular complexity index is 1200. The Morgan fingerprint density at radius 2 is 1.32 bits per heavy atom. The molecule has 3 rings (SSSR count). The molecule has 0 amide bonds. The van der Waals surface area contributed by atoms with E-state index in [0.29, 0.717) is 16.7 Å². The average molecular weight is 444 g/mol. The molecule has 0 aliphatic heterocycles. The lowest BCUT2D eigenvalue weighted by Gasteiger charge is -2.23. The van der Waals surface area contributed by atoms with Gasteiger partial charge in [0.1, 0.15) is 0 Å². The number of rotatable bonds is 5. The van der Waals surface area contributed by atoms with E-state index in [1.165, 1.54) is 38.1 Å². The fourth-order valence-electron chi connectivity index (χ4n) is 3.57. The van der Waals surface area contributed by atoms with Gasteiger partial charge in [-0.3, -0.25) is 9.59 Å². The van der Waals surface area contributed by atoms with E-state index in [1.807, 2.05) is 0 Å². The lowest BCUT2D eigenvalue weighted by atomic mass is 9.90. The van der Waals surface area contributed by atoms with Crippen molar-refractivity contribution in [3.8, 4) is 0 Å². The van der Waals surface area contributed by atoms with Crippen LogP contribution in [0, 0.1) is 20.8 Å². The molecule has 1 unspecified atom stereocenters. The molecule has 0 radical (unpaired) electrons. The van der Waals surface area contributed by atoms with Crippen LogP contribution in [0.25, 0.3) is 0 Å². The summed E-state index contributed by atoms with van der Waals surface area (Å²) in [5, 5.41) is -0.562. The number of halogens is 3. The van der Waals surface area contributed by atoms with Gasteiger partial charge in [0.2, 0.25) is 5.52 Å². The molecule has 160 valence electrons. The van der Waals surface area contributed by atoms with Crippen LogP contribution in [0.1, 0.15) is 43.0 Å². The summed E-state index contributed by atoms with van der Waals surface area (Å²) in [5.74, 6) is -5.54. The average Bonchev–Trinajstić information content (AvgIpc) is 2.75. The quantitative estimate of drug-likeness (QED) is 0.348. The van der Waals surface area contributed by atoms with Crippen molar-refractivity contribution in [2.75, 3.05) is 0 Å². The minimum Gasteiger partial charge on any atom is -0.300 e. The van der Waals surface area contributed by atoms with Gasteiger partial charge in [-0.2, -0.15) is 13.2 Å². The van der Waals surface area contributed by atoms with Crippen LogP contribution < -0.4 is 5.30 Å². The molecule has 0 saturated carbocycles. The zero-order valence-electron chi connectivity index (χ0n) is 17.2. The molecule has 0 aromatic heterocycles. The summed E-state index contributed by atoms with van der Waals surface area (Å²) in [5.41, 5.74) is -0.246. The van der Waals surface area contributed by atoms with Crippen LogP contribution in [0.5, 0.6) is 0 Å². The highest BCUT2D eigenvalue weighted by Crippen LogP contribution is 2.62.